The zero-order valence-electron chi connectivity index (χ0n) is 11.4. The van der Waals surface area contributed by atoms with Gasteiger partial charge in [0.25, 0.3) is 5.76 Å². The molecule has 0 aliphatic rings. The van der Waals surface area contributed by atoms with Gasteiger partial charge < -0.3 is 14.8 Å². The van der Waals surface area contributed by atoms with Crippen LogP contribution in [0.1, 0.15) is 27.2 Å². The van der Waals surface area contributed by atoms with Gasteiger partial charge in [-0.1, -0.05) is 11.8 Å². The van der Waals surface area contributed by atoms with Gasteiger partial charge in [-0.2, -0.15) is 8.78 Å². The Kier molecular flexibility index (Phi) is 7.73. The molecular weight excluding hydrogens is 280 g/mol. The number of amides is 1. The third-order valence-corrected chi connectivity index (χ3v) is 2.55. The van der Waals surface area contributed by atoms with Gasteiger partial charge in [-0.15, -0.1) is 0 Å². The first kappa shape index (κ1) is 17.9. The molecule has 0 rings (SSSR count). The number of carbonyl (C=O) groups is 2. The Bertz CT molecular complexity index is 308. The predicted molar refractivity (Wildman–Crippen MR) is 68.3 cm³/mol. The molecule has 0 aliphatic heterocycles. The Morgan fingerprint density at radius 3 is 2.32 bits per heavy atom. The summed E-state index contributed by atoms with van der Waals surface area (Å²) in [7, 11) is 1.16. The molecule has 0 aromatic carbocycles. The van der Waals surface area contributed by atoms with Gasteiger partial charge in [-0.25, -0.2) is 9.59 Å². The van der Waals surface area contributed by atoms with Gasteiger partial charge in [-0.3, -0.25) is 0 Å². The maximum atomic E-state index is 12.0. The fourth-order valence-corrected chi connectivity index (χ4v) is 1.67. The van der Waals surface area contributed by atoms with Crippen molar-refractivity contribution in [3.8, 4) is 0 Å². The molecule has 0 aliphatic carbocycles. The average molecular weight is 299 g/mol. The molecule has 0 spiro atoms. The average Bonchev–Trinajstić information content (AvgIpc) is 2.23. The van der Waals surface area contributed by atoms with Gasteiger partial charge in [0.1, 0.15) is 11.6 Å². The van der Waals surface area contributed by atoms with Gasteiger partial charge in [0.05, 0.1) is 7.11 Å². The van der Waals surface area contributed by atoms with Crippen LogP contribution in [0.3, 0.4) is 0 Å². The summed E-state index contributed by atoms with van der Waals surface area (Å²) in [5.41, 5.74) is -0.706. The van der Waals surface area contributed by atoms with Crippen molar-refractivity contribution < 1.29 is 27.8 Å². The first-order valence-electron chi connectivity index (χ1n) is 5.63. The Morgan fingerprint density at radius 1 is 1.32 bits per heavy atom. The fraction of sp³-hybridized carbons (Fsp3) is 0.818. The van der Waals surface area contributed by atoms with Crippen molar-refractivity contribution in [2.75, 3.05) is 12.9 Å². The van der Waals surface area contributed by atoms with E-state index in [1.807, 2.05) is 0 Å². The fourth-order valence-electron chi connectivity index (χ4n) is 1.12. The standard InChI is InChI=1S/C11H19F2NO4S/c1-11(2,3)18-10(16)14-7(8(15)17-4)5-6-19-9(12)13/h7,9H,5-6H2,1-4H3,(H,14,16)/t7-/m0/s1. The lowest BCUT2D eigenvalue weighted by Gasteiger charge is -2.22. The number of halogens is 2. The van der Waals surface area contributed by atoms with E-state index in [9.17, 15) is 18.4 Å². The molecule has 19 heavy (non-hydrogen) atoms. The zero-order valence-corrected chi connectivity index (χ0v) is 12.2. The molecule has 1 N–H and O–H groups in total. The Balaban J connectivity index is 4.35. The van der Waals surface area contributed by atoms with Crippen LogP contribution in [0.15, 0.2) is 0 Å². The van der Waals surface area contributed by atoms with Crippen molar-refractivity contribution in [2.45, 2.75) is 44.6 Å². The number of rotatable bonds is 6. The molecule has 8 heteroatoms. The third-order valence-electron chi connectivity index (χ3n) is 1.83. The lowest BCUT2D eigenvalue weighted by Crippen LogP contribution is -2.44. The van der Waals surface area contributed by atoms with Crippen LogP contribution in [0.5, 0.6) is 0 Å². The maximum absolute atomic E-state index is 12.0. The van der Waals surface area contributed by atoms with Gasteiger partial charge in [0.15, 0.2) is 0 Å². The van der Waals surface area contributed by atoms with Crippen LogP contribution in [-0.4, -0.2) is 42.3 Å². The van der Waals surface area contributed by atoms with Crippen LogP contribution < -0.4 is 5.32 Å². The van der Waals surface area contributed by atoms with E-state index in [1.165, 1.54) is 0 Å². The highest BCUT2D eigenvalue weighted by molar-refractivity contribution is 7.99. The van der Waals surface area contributed by atoms with E-state index in [0.29, 0.717) is 11.8 Å². The lowest BCUT2D eigenvalue weighted by atomic mass is 10.2. The number of esters is 1. The molecule has 1 amide bonds. The number of alkyl carbamates (subject to hydrolysis) is 1. The second-order valence-corrected chi connectivity index (χ2v) is 5.74. The highest BCUT2D eigenvalue weighted by Crippen LogP contribution is 2.16. The van der Waals surface area contributed by atoms with Gasteiger partial charge in [0, 0.05) is 5.75 Å². The molecule has 0 aromatic rings. The molecule has 0 bridgehead atoms. The summed E-state index contributed by atoms with van der Waals surface area (Å²) >= 11 is 0.394. The second-order valence-electron chi connectivity index (χ2n) is 4.64. The van der Waals surface area contributed by atoms with Crippen LogP contribution in [0.4, 0.5) is 13.6 Å². The Labute approximate surface area is 115 Å². The van der Waals surface area contributed by atoms with Crippen LogP contribution in [0, 0.1) is 0 Å². The van der Waals surface area contributed by atoms with E-state index in [-0.39, 0.29) is 12.2 Å². The molecular formula is C11H19F2NO4S. The number of ether oxygens (including phenoxy) is 2. The van der Waals surface area contributed by atoms with Crippen molar-refractivity contribution in [2.24, 2.45) is 0 Å². The van der Waals surface area contributed by atoms with Crippen molar-refractivity contribution in [1.82, 2.24) is 5.32 Å². The molecule has 112 valence electrons. The van der Waals surface area contributed by atoms with Crippen LogP contribution in [0.25, 0.3) is 0 Å². The van der Waals surface area contributed by atoms with E-state index in [0.717, 1.165) is 7.11 Å². The summed E-state index contributed by atoms with van der Waals surface area (Å²) in [5, 5.41) is 2.30. The van der Waals surface area contributed by atoms with E-state index < -0.39 is 29.5 Å². The SMILES string of the molecule is COC(=O)[C@H](CCSC(F)F)NC(=O)OC(C)(C)C. The summed E-state index contributed by atoms with van der Waals surface area (Å²) in [6, 6.07) is -0.994. The molecule has 0 radical (unpaired) electrons. The molecule has 0 heterocycles. The number of alkyl halides is 2. The molecule has 1 atom stereocenters. The number of hydrogen-bond donors (Lipinski definition) is 1. The normalized spacial score (nSPS) is 13.0. The van der Waals surface area contributed by atoms with E-state index in [4.69, 9.17) is 4.74 Å². The summed E-state index contributed by atoms with van der Waals surface area (Å²) in [6.45, 7) is 5.02. The summed E-state index contributed by atoms with van der Waals surface area (Å²) in [5.74, 6) is -3.19. The van der Waals surface area contributed by atoms with Gasteiger partial charge in [0.2, 0.25) is 0 Å². The molecule has 0 saturated heterocycles. The third kappa shape index (κ3) is 9.52. The molecule has 0 unspecified atom stereocenters. The van der Waals surface area contributed by atoms with E-state index >= 15 is 0 Å². The van der Waals surface area contributed by atoms with Crippen molar-refractivity contribution >= 4 is 23.8 Å². The Hall–Kier alpha value is -1.05. The van der Waals surface area contributed by atoms with Crippen molar-refractivity contribution in [1.29, 1.82) is 0 Å². The Morgan fingerprint density at radius 2 is 1.89 bits per heavy atom. The number of thioether (sulfide) groups is 1. The first-order valence-corrected chi connectivity index (χ1v) is 6.67. The van der Waals surface area contributed by atoms with Gasteiger partial charge >= 0.3 is 12.1 Å². The zero-order chi connectivity index (χ0) is 15.1. The van der Waals surface area contributed by atoms with Gasteiger partial charge in [-0.05, 0) is 27.2 Å². The molecule has 0 aromatic heterocycles. The summed E-state index contributed by atoms with van der Waals surface area (Å²) in [6.07, 6.45) is -0.745. The highest BCUT2D eigenvalue weighted by Gasteiger charge is 2.25. The van der Waals surface area contributed by atoms with Crippen molar-refractivity contribution in [3.63, 3.8) is 0 Å². The largest absolute Gasteiger partial charge is 0.467 e. The smallest absolute Gasteiger partial charge is 0.408 e. The first-order chi connectivity index (χ1) is 8.65. The maximum Gasteiger partial charge on any atom is 0.408 e. The van der Waals surface area contributed by atoms with Crippen LogP contribution >= 0.6 is 11.8 Å². The number of methoxy groups -OCH3 is 1. The minimum Gasteiger partial charge on any atom is -0.467 e. The monoisotopic (exact) mass is 299 g/mol. The number of nitrogens with one attached hydrogen (secondary N) is 1. The van der Waals surface area contributed by atoms with Crippen molar-refractivity contribution in [3.05, 3.63) is 0 Å². The minimum absolute atomic E-state index is 0.0211. The quantitative estimate of drug-likeness (QED) is 0.763. The summed E-state index contributed by atoms with van der Waals surface area (Å²) < 4.78 is 33.4. The topological polar surface area (TPSA) is 64.6 Å². The summed E-state index contributed by atoms with van der Waals surface area (Å²) in [4.78, 5) is 22.9. The highest BCUT2D eigenvalue weighted by atomic mass is 32.2. The molecule has 0 fully saturated rings. The van der Waals surface area contributed by atoms with E-state index in [2.05, 4.69) is 10.1 Å². The second kappa shape index (κ2) is 8.19. The lowest BCUT2D eigenvalue weighted by molar-refractivity contribution is -0.143. The number of carbonyl (C=O) groups excluding carboxylic acids is 2. The minimum atomic E-state index is -2.51. The number of hydrogen-bond acceptors (Lipinski definition) is 5. The van der Waals surface area contributed by atoms with Crippen LogP contribution in [0.2, 0.25) is 0 Å². The predicted octanol–water partition coefficient (Wildman–Crippen LogP) is 2.40. The van der Waals surface area contributed by atoms with Crippen LogP contribution in [-0.2, 0) is 14.3 Å². The van der Waals surface area contributed by atoms with E-state index in [1.54, 1.807) is 20.8 Å². The molecule has 5 nitrogen and oxygen atoms in total. The molecule has 0 saturated carbocycles.